The minimum absolute atomic E-state index is 0.151. The number of aromatic nitrogens is 7. The molecule has 5 rings (SSSR count). The maximum Gasteiger partial charge on any atom is 0.249 e. The van der Waals surface area contributed by atoms with E-state index in [0.29, 0.717) is 33.0 Å². The highest BCUT2D eigenvalue weighted by Crippen LogP contribution is 2.36. The summed E-state index contributed by atoms with van der Waals surface area (Å²) in [5.41, 5.74) is 3.06. The SMILES string of the molecule is Cn1nccc1[C@H](Nc1cc(Cl)c2ncc(C#N)c(Nc3cnc(F)c(F)c3)c2c1)c1cn[nH]n1. The predicted octanol–water partition coefficient (Wildman–Crippen LogP) is 4.23. The number of H-pyrrole nitrogens is 1. The number of hydrogen-bond donors (Lipinski definition) is 3. The lowest BCUT2D eigenvalue weighted by Gasteiger charge is -2.19. The van der Waals surface area contributed by atoms with Crippen LogP contribution in [0, 0.1) is 23.1 Å². The number of nitriles is 1. The minimum atomic E-state index is -1.22. The van der Waals surface area contributed by atoms with E-state index in [9.17, 15) is 14.0 Å². The zero-order valence-electron chi connectivity index (χ0n) is 18.0. The Labute approximate surface area is 201 Å². The summed E-state index contributed by atoms with van der Waals surface area (Å²) in [5, 5.41) is 31.7. The van der Waals surface area contributed by atoms with Gasteiger partial charge < -0.3 is 10.6 Å². The topological polar surface area (TPSA) is 133 Å². The molecule has 35 heavy (non-hydrogen) atoms. The van der Waals surface area contributed by atoms with E-state index >= 15 is 0 Å². The van der Waals surface area contributed by atoms with Crippen LogP contribution in [-0.4, -0.2) is 35.2 Å². The number of hydrogen-bond acceptors (Lipinski definition) is 8. The van der Waals surface area contributed by atoms with Crippen molar-refractivity contribution in [3.8, 4) is 6.07 Å². The third-order valence-electron chi connectivity index (χ3n) is 5.31. The van der Waals surface area contributed by atoms with Crippen LogP contribution in [0.3, 0.4) is 0 Å². The Balaban J connectivity index is 1.62. The monoisotopic (exact) mass is 492 g/mol. The van der Waals surface area contributed by atoms with Crippen LogP contribution in [0.15, 0.2) is 49.1 Å². The first kappa shape index (κ1) is 22.2. The highest BCUT2D eigenvalue weighted by Gasteiger charge is 2.21. The quantitative estimate of drug-likeness (QED) is 0.300. The van der Waals surface area contributed by atoms with E-state index < -0.39 is 17.8 Å². The van der Waals surface area contributed by atoms with Crippen molar-refractivity contribution in [3.63, 3.8) is 0 Å². The molecule has 0 aliphatic rings. The molecule has 13 heteroatoms. The molecule has 1 atom stereocenters. The summed E-state index contributed by atoms with van der Waals surface area (Å²) in [6.45, 7) is 0. The molecule has 3 N–H and O–H groups in total. The maximum absolute atomic E-state index is 13.7. The van der Waals surface area contributed by atoms with Gasteiger partial charge in [0.1, 0.15) is 17.8 Å². The van der Waals surface area contributed by atoms with Crippen LogP contribution in [0.1, 0.15) is 23.0 Å². The molecule has 1 aromatic carbocycles. The Bertz CT molecular complexity index is 1580. The highest BCUT2D eigenvalue weighted by atomic mass is 35.5. The normalized spacial score (nSPS) is 11.9. The second-order valence-corrected chi connectivity index (χ2v) is 7.89. The summed E-state index contributed by atoms with van der Waals surface area (Å²) in [5.74, 6) is -2.35. The van der Waals surface area contributed by atoms with E-state index in [0.717, 1.165) is 18.0 Å². The molecule has 0 saturated carbocycles. The molecule has 0 unspecified atom stereocenters. The number of aromatic amines is 1. The first-order valence-electron chi connectivity index (χ1n) is 10.1. The van der Waals surface area contributed by atoms with Crippen LogP contribution in [0.25, 0.3) is 10.9 Å². The van der Waals surface area contributed by atoms with Gasteiger partial charge in [-0.2, -0.15) is 30.2 Å². The van der Waals surface area contributed by atoms with E-state index in [-0.39, 0.29) is 11.3 Å². The molecule has 174 valence electrons. The van der Waals surface area contributed by atoms with Gasteiger partial charge in [-0.25, -0.2) is 9.37 Å². The Morgan fingerprint density at radius 3 is 2.69 bits per heavy atom. The molecule has 0 aliphatic carbocycles. The summed E-state index contributed by atoms with van der Waals surface area (Å²) in [4.78, 5) is 7.69. The summed E-state index contributed by atoms with van der Waals surface area (Å²) in [7, 11) is 1.80. The third-order valence-corrected chi connectivity index (χ3v) is 5.59. The molecule has 0 amide bonds. The van der Waals surface area contributed by atoms with Crippen LogP contribution >= 0.6 is 11.6 Å². The molecular weight excluding hydrogens is 478 g/mol. The molecule has 0 bridgehead atoms. The molecule has 10 nitrogen and oxygen atoms in total. The summed E-state index contributed by atoms with van der Waals surface area (Å²) in [6, 6.07) is 7.84. The Kier molecular flexibility index (Phi) is 5.68. The second-order valence-electron chi connectivity index (χ2n) is 7.49. The van der Waals surface area contributed by atoms with E-state index in [1.54, 1.807) is 36.3 Å². The van der Waals surface area contributed by atoms with Crippen LogP contribution < -0.4 is 10.6 Å². The van der Waals surface area contributed by atoms with Gasteiger partial charge >= 0.3 is 0 Å². The number of pyridine rings is 2. The van der Waals surface area contributed by atoms with Crippen LogP contribution in [0.2, 0.25) is 5.02 Å². The summed E-state index contributed by atoms with van der Waals surface area (Å²) in [6.07, 6.45) is 5.73. The van der Waals surface area contributed by atoms with E-state index in [1.165, 1.54) is 6.20 Å². The summed E-state index contributed by atoms with van der Waals surface area (Å²) < 4.78 is 28.8. The number of halogens is 3. The average molecular weight is 493 g/mol. The molecule has 0 fully saturated rings. The van der Waals surface area contributed by atoms with Gasteiger partial charge in [0.15, 0.2) is 5.82 Å². The number of nitrogens with one attached hydrogen (secondary N) is 3. The van der Waals surface area contributed by atoms with E-state index in [4.69, 9.17) is 11.6 Å². The summed E-state index contributed by atoms with van der Waals surface area (Å²) >= 11 is 6.56. The van der Waals surface area contributed by atoms with Gasteiger partial charge in [-0.1, -0.05) is 11.6 Å². The van der Waals surface area contributed by atoms with Crippen LogP contribution in [0.4, 0.5) is 25.8 Å². The highest BCUT2D eigenvalue weighted by molar-refractivity contribution is 6.36. The standard InChI is InChI=1S/C22H15ClF2N10/c1-35-18(2-3-30-35)21(17-10-29-34-33-17)31-12-4-14-19(32-13-6-16(24)22(25)28-9-13)11(7-26)8-27-20(14)15(23)5-12/h2-6,8-10,21,31H,1H3,(H,27,32)(H,29,33,34)/t21-/m1/s1. The van der Waals surface area contributed by atoms with Gasteiger partial charge in [0, 0.05) is 36.6 Å². The molecule has 0 radical (unpaired) electrons. The fourth-order valence-corrected chi connectivity index (χ4v) is 3.95. The van der Waals surface area contributed by atoms with Gasteiger partial charge in [0.2, 0.25) is 5.95 Å². The smallest absolute Gasteiger partial charge is 0.249 e. The van der Waals surface area contributed by atoms with Crippen molar-refractivity contribution in [1.82, 2.24) is 35.2 Å². The Morgan fingerprint density at radius 1 is 1.14 bits per heavy atom. The zero-order chi connectivity index (χ0) is 24.5. The number of fused-ring (bicyclic) bond motifs is 1. The van der Waals surface area contributed by atoms with Gasteiger partial charge in [0.05, 0.1) is 45.6 Å². The molecule has 0 saturated heterocycles. The van der Waals surface area contributed by atoms with Crippen molar-refractivity contribution in [2.45, 2.75) is 6.04 Å². The first-order valence-corrected chi connectivity index (χ1v) is 10.5. The Morgan fingerprint density at radius 2 is 2.00 bits per heavy atom. The zero-order valence-corrected chi connectivity index (χ0v) is 18.7. The molecule has 0 spiro atoms. The van der Waals surface area contributed by atoms with Gasteiger partial charge in [-0.3, -0.25) is 9.67 Å². The first-order chi connectivity index (χ1) is 16.9. The number of aryl methyl sites for hydroxylation is 1. The second kappa shape index (κ2) is 8.96. The van der Waals surface area contributed by atoms with Crippen molar-refractivity contribution in [2.75, 3.05) is 10.6 Å². The van der Waals surface area contributed by atoms with Gasteiger partial charge in [0.25, 0.3) is 0 Å². The largest absolute Gasteiger partial charge is 0.371 e. The fourth-order valence-electron chi connectivity index (χ4n) is 3.68. The number of rotatable bonds is 6. The average Bonchev–Trinajstić information content (AvgIpc) is 3.52. The number of nitrogens with zero attached hydrogens (tertiary/aromatic N) is 7. The van der Waals surface area contributed by atoms with E-state index in [1.807, 2.05) is 6.07 Å². The van der Waals surface area contributed by atoms with Gasteiger partial charge in [-0.05, 0) is 18.2 Å². The van der Waals surface area contributed by atoms with Crippen molar-refractivity contribution >= 4 is 39.6 Å². The van der Waals surface area contributed by atoms with Crippen molar-refractivity contribution in [1.29, 1.82) is 5.26 Å². The molecule has 0 aliphatic heterocycles. The maximum atomic E-state index is 13.7. The van der Waals surface area contributed by atoms with Crippen LogP contribution in [0.5, 0.6) is 0 Å². The molecular formula is C22H15ClF2N10. The van der Waals surface area contributed by atoms with Crippen molar-refractivity contribution < 1.29 is 8.78 Å². The molecule has 4 aromatic heterocycles. The number of benzene rings is 1. The lowest BCUT2D eigenvalue weighted by Crippen LogP contribution is -2.16. The Hall–Kier alpha value is -4.63. The lowest BCUT2D eigenvalue weighted by atomic mass is 10.1. The third kappa shape index (κ3) is 4.20. The fraction of sp³-hybridized carbons (Fsp3) is 0.0909. The molecule has 4 heterocycles. The van der Waals surface area contributed by atoms with Crippen LogP contribution in [-0.2, 0) is 7.05 Å². The van der Waals surface area contributed by atoms with Crippen molar-refractivity contribution in [2.24, 2.45) is 7.05 Å². The van der Waals surface area contributed by atoms with Gasteiger partial charge in [-0.15, -0.1) is 0 Å². The lowest BCUT2D eigenvalue weighted by molar-refractivity contribution is 0.480. The van der Waals surface area contributed by atoms with Crippen molar-refractivity contribution in [3.05, 3.63) is 82.8 Å². The van der Waals surface area contributed by atoms with E-state index in [2.05, 4.69) is 47.2 Å². The minimum Gasteiger partial charge on any atom is -0.371 e. The molecule has 5 aromatic rings. The number of anilines is 3. The predicted molar refractivity (Wildman–Crippen MR) is 124 cm³/mol.